The normalized spacial score (nSPS) is 36.8. The Kier molecular flexibility index (Phi) is 2.66. The number of rotatable bonds is 3. The van der Waals surface area contributed by atoms with Gasteiger partial charge in [0.1, 0.15) is 0 Å². The lowest BCUT2D eigenvalue weighted by Crippen LogP contribution is -2.32. The molecule has 2 N–H and O–H groups in total. The van der Waals surface area contributed by atoms with Gasteiger partial charge in [-0.2, -0.15) is 0 Å². The second kappa shape index (κ2) is 3.75. The molecule has 0 aromatic heterocycles. The van der Waals surface area contributed by atoms with Gasteiger partial charge in [-0.1, -0.05) is 0 Å². The third kappa shape index (κ3) is 2.46. The average Bonchev–Trinajstić information content (AvgIpc) is 2.84. The number of nitrogens with two attached hydrogens (primary N) is 1. The van der Waals surface area contributed by atoms with Gasteiger partial charge in [-0.25, -0.2) is 0 Å². The molecule has 2 saturated carbocycles. The molecular formula is C10H19NO. The molecule has 0 radical (unpaired) electrons. The van der Waals surface area contributed by atoms with Crippen LogP contribution in [0.25, 0.3) is 0 Å². The third-order valence-electron chi connectivity index (χ3n) is 2.93. The van der Waals surface area contributed by atoms with E-state index < -0.39 is 0 Å². The lowest BCUT2D eigenvalue weighted by atomic mass is 9.93. The van der Waals surface area contributed by atoms with E-state index in [9.17, 15) is 0 Å². The summed E-state index contributed by atoms with van der Waals surface area (Å²) >= 11 is 0. The van der Waals surface area contributed by atoms with Crippen molar-refractivity contribution < 1.29 is 4.74 Å². The van der Waals surface area contributed by atoms with Gasteiger partial charge in [-0.15, -0.1) is 0 Å². The highest BCUT2D eigenvalue weighted by molar-refractivity contribution is 4.77. The van der Waals surface area contributed by atoms with Crippen molar-refractivity contribution in [2.24, 2.45) is 11.7 Å². The van der Waals surface area contributed by atoms with E-state index in [2.05, 4.69) is 0 Å². The summed E-state index contributed by atoms with van der Waals surface area (Å²) in [7, 11) is 0. The molecule has 2 atom stereocenters. The summed E-state index contributed by atoms with van der Waals surface area (Å²) < 4.78 is 5.80. The van der Waals surface area contributed by atoms with Gasteiger partial charge >= 0.3 is 0 Å². The second-order valence-corrected chi connectivity index (χ2v) is 4.33. The fourth-order valence-corrected chi connectivity index (χ4v) is 1.89. The van der Waals surface area contributed by atoms with Gasteiger partial charge in [0, 0.05) is 12.6 Å². The van der Waals surface area contributed by atoms with Crippen LogP contribution in [-0.4, -0.2) is 18.8 Å². The molecular weight excluding hydrogens is 150 g/mol. The molecule has 0 saturated heterocycles. The predicted octanol–water partition coefficient (Wildman–Crippen LogP) is 1.68. The minimum absolute atomic E-state index is 0.406. The molecule has 0 amide bonds. The van der Waals surface area contributed by atoms with Gasteiger partial charge in [-0.05, 0) is 44.4 Å². The van der Waals surface area contributed by atoms with Crippen molar-refractivity contribution in [2.45, 2.75) is 50.7 Å². The van der Waals surface area contributed by atoms with Crippen LogP contribution in [0.15, 0.2) is 0 Å². The van der Waals surface area contributed by atoms with Crippen molar-refractivity contribution in [3.05, 3.63) is 0 Å². The third-order valence-corrected chi connectivity index (χ3v) is 2.93. The molecule has 12 heavy (non-hydrogen) atoms. The van der Waals surface area contributed by atoms with Crippen LogP contribution in [0.1, 0.15) is 38.5 Å². The van der Waals surface area contributed by atoms with Crippen LogP contribution in [-0.2, 0) is 4.74 Å². The summed E-state index contributed by atoms with van der Waals surface area (Å²) in [6, 6.07) is 0.406. The van der Waals surface area contributed by atoms with Gasteiger partial charge in [0.05, 0.1) is 6.10 Å². The second-order valence-electron chi connectivity index (χ2n) is 4.33. The maximum absolute atomic E-state index is 5.87. The van der Waals surface area contributed by atoms with E-state index in [4.69, 9.17) is 10.5 Å². The Morgan fingerprint density at radius 1 is 1.17 bits per heavy atom. The molecule has 0 aliphatic heterocycles. The lowest BCUT2D eigenvalue weighted by molar-refractivity contribution is 0.0176. The van der Waals surface area contributed by atoms with Crippen LogP contribution in [0, 0.1) is 5.92 Å². The topological polar surface area (TPSA) is 35.2 Å². The molecule has 0 bridgehead atoms. The minimum Gasteiger partial charge on any atom is -0.378 e. The molecule has 0 spiro atoms. The number of hydrogen-bond acceptors (Lipinski definition) is 2. The van der Waals surface area contributed by atoms with Crippen LogP contribution >= 0.6 is 0 Å². The first-order valence-electron chi connectivity index (χ1n) is 5.22. The van der Waals surface area contributed by atoms with E-state index in [1.54, 1.807) is 0 Å². The van der Waals surface area contributed by atoms with Crippen LogP contribution in [0.3, 0.4) is 0 Å². The van der Waals surface area contributed by atoms with Crippen molar-refractivity contribution in [3.63, 3.8) is 0 Å². The molecule has 2 rings (SSSR count). The van der Waals surface area contributed by atoms with E-state index in [1.165, 1.54) is 32.1 Å². The average molecular weight is 169 g/mol. The molecule has 2 unspecified atom stereocenters. The molecule has 70 valence electrons. The Labute approximate surface area is 74.5 Å². The highest BCUT2D eigenvalue weighted by atomic mass is 16.5. The summed E-state index contributed by atoms with van der Waals surface area (Å²) in [6.07, 6.45) is 8.04. The first-order valence-corrected chi connectivity index (χ1v) is 5.22. The molecule has 2 fully saturated rings. The van der Waals surface area contributed by atoms with Crippen LogP contribution in [0.5, 0.6) is 0 Å². The van der Waals surface area contributed by atoms with Gasteiger partial charge in [0.15, 0.2) is 0 Å². The maximum atomic E-state index is 5.87. The van der Waals surface area contributed by atoms with E-state index in [-0.39, 0.29) is 0 Å². The largest absolute Gasteiger partial charge is 0.378 e. The zero-order valence-electron chi connectivity index (χ0n) is 7.67. The van der Waals surface area contributed by atoms with Crippen molar-refractivity contribution in [1.82, 2.24) is 0 Å². The molecule has 2 aliphatic carbocycles. The van der Waals surface area contributed by atoms with Gasteiger partial charge < -0.3 is 10.5 Å². The number of hydrogen-bond donors (Lipinski definition) is 1. The fraction of sp³-hybridized carbons (Fsp3) is 1.00. The van der Waals surface area contributed by atoms with Crippen molar-refractivity contribution in [1.29, 1.82) is 0 Å². The number of ether oxygens (including phenoxy) is 1. The van der Waals surface area contributed by atoms with Crippen LogP contribution in [0.4, 0.5) is 0 Å². The zero-order valence-corrected chi connectivity index (χ0v) is 7.67. The minimum atomic E-state index is 0.406. The van der Waals surface area contributed by atoms with Crippen molar-refractivity contribution in [2.75, 3.05) is 6.61 Å². The highest BCUT2D eigenvalue weighted by Gasteiger charge is 2.25. The highest BCUT2D eigenvalue weighted by Crippen LogP contribution is 2.30. The zero-order chi connectivity index (χ0) is 8.39. The van der Waals surface area contributed by atoms with E-state index >= 15 is 0 Å². The summed E-state index contributed by atoms with van der Waals surface area (Å²) in [5.41, 5.74) is 5.87. The van der Waals surface area contributed by atoms with Gasteiger partial charge in [0.2, 0.25) is 0 Å². The Hall–Kier alpha value is -0.0800. The smallest absolute Gasteiger partial charge is 0.0590 e. The molecule has 2 nitrogen and oxygen atoms in total. The molecule has 0 aromatic carbocycles. The summed E-state index contributed by atoms with van der Waals surface area (Å²) in [5, 5.41) is 0. The maximum Gasteiger partial charge on any atom is 0.0590 e. The van der Waals surface area contributed by atoms with Gasteiger partial charge in [0.25, 0.3) is 0 Å². The lowest BCUT2D eigenvalue weighted by Gasteiger charge is -2.26. The predicted molar refractivity (Wildman–Crippen MR) is 48.9 cm³/mol. The van der Waals surface area contributed by atoms with Crippen LogP contribution < -0.4 is 5.73 Å². The van der Waals surface area contributed by atoms with Gasteiger partial charge in [-0.3, -0.25) is 0 Å². The summed E-state index contributed by atoms with van der Waals surface area (Å²) in [6.45, 7) is 0.997. The quantitative estimate of drug-likeness (QED) is 0.697. The van der Waals surface area contributed by atoms with Crippen molar-refractivity contribution >= 4 is 0 Å². The van der Waals surface area contributed by atoms with E-state index in [0.29, 0.717) is 12.1 Å². The Balaban J connectivity index is 1.64. The van der Waals surface area contributed by atoms with Crippen molar-refractivity contribution in [3.8, 4) is 0 Å². The summed E-state index contributed by atoms with van der Waals surface area (Å²) in [5.74, 6) is 0.892. The molecule has 2 aliphatic rings. The van der Waals surface area contributed by atoms with E-state index in [0.717, 1.165) is 18.9 Å². The Morgan fingerprint density at radius 2 is 2.00 bits per heavy atom. The molecule has 2 heteroatoms. The first kappa shape index (κ1) is 8.52. The fourth-order valence-electron chi connectivity index (χ4n) is 1.89. The Bertz CT molecular complexity index is 145. The first-order chi connectivity index (χ1) is 5.84. The SMILES string of the molecule is NC1CCCC(OCC2CC2)C1. The monoisotopic (exact) mass is 169 g/mol. The Morgan fingerprint density at radius 3 is 2.67 bits per heavy atom. The van der Waals surface area contributed by atoms with E-state index in [1.807, 2.05) is 0 Å². The summed E-state index contributed by atoms with van der Waals surface area (Å²) in [4.78, 5) is 0. The standard InChI is InChI=1S/C10H19NO/c11-9-2-1-3-10(6-9)12-7-8-4-5-8/h8-10H,1-7,11H2. The van der Waals surface area contributed by atoms with Crippen LogP contribution in [0.2, 0.25) is 0 Å². The molecule has 0 aromatic rings. The molecule has 0 heterocycles.